The van der Waals surface area contributed by atoms with Gasteiger partial charge in [0.25, 0.3) is 5.91 Å². The molecule has 38 heavy (non-hydrogen) atoms. The van der Waals surface area contributed by atoms with E-state index in [1.165, 1.54) is 44.4 Å². The maximum Gasteiger partial charge on any atom is 0.434 e. The Balaban J connectivity index is 1.76. The minimum absolute atomic E-state index is 0.00740. The molecule has 0 saturated carbocycles. The first-order valence-electron chi connectivity index (χ1n) is 11.0. The van der Waals surface area contributed by atoms with Crippen LogP contribution in [0.2, 0.25) is 5.02 Å². The van der Waals surface area contributed by atoms with E-state index in [0.717, 1.165) is 23.1 Å². The molecule has 4 aromatic rings. The predicted molar refractivity (Wildman–Crippen MR) is 126 cm³/mol. The Morgan fingerprint density at radius 3 is 2.42 bits per heavy atom. The van der Waals surface area contributed by atoms with Gasteiger partial charge in [-0.15, -0.1) is 0 Å². The van der Waals surface area contributed by atoms with E-state index in [2.05, 4.69) is 20.5 Å². The predicted octanol–water partition coefficient (Wildman–Crippen LogP) is 4.43. The Kier molecular flexibility index (Phi) is 7.26. The summed E-state index contributed by atoms with van der Waals surface area (Å²) in [5.74, 6) is -3.26. The Morgan fingerprint density at radius 1 is 1.16 bits per heavy atom. The summed E-state index contributed by atoms with van der Waals surface area (Å²) in [6, 6.07) is 6.38. The first-order valence-corrected chi connectivity index (χ1v) is 11.4. The number of halogens is 6. The molecule has 0 unspecified atom stereocenters. The lowest BCUT2D eigenvalue weighted by Crippen LogP contribution is -2.52. The zero-order valence-electron chi connectivity index (χ0n) is 19.8. The molecule has 1 amide bonds. The lowest BCUT2D eigenvalue weighted by molar-refractivity contribution is -0.143. The van der Waals surface area contributed by atoms with Gasteiger partial charge in [0.15, 0.2) is 5.69 Å². The van der Waals surface area contributed by atoms with Gasteiger partial charge in [0.2, 0.25) is 0 Å². The van der Waals surface area contributed by atoms with Crippen molar-refractivity contribution in [1.29, 1.82) is 0 Å². The number of nitrogens with one attached hydrogen (secondary N) is 1. The zero-order valence-corrected chi connectivity index (χ0v) is 20.6. The highest BCUT2D eigenvalue weighted by atomic mass is 35.5. The molecule has 2 heterocycles. The van der Waals surface area contributed by atoms with Gasteiger partial charge in [-0.3, -0.25) is 4.79 Å². The van der Waals surface area contributed by atoms with Crippen molar-refractivity contribution in [2.45, 2.75) is 38.2 Å². The van der Waals surface area contributed by atoms with Crippen molar-refractivity contribution in [3.8, 4) is 5.69 Å². The molecule has 0 spiro atoms. The molecule has 0 saturated heterocycles. The highest BCUT2D eigenvalue weighted by molar-refractivity contribution is 6.30. The third-order valence-corrected chi connectivity index (χ3v) is 6.21. The van der Waals surface area contributed by atoms with Crippen LogP contribution in [0.5, 0.6) is 0 Å². The maximum atomic E-state index is 14.8. The Morgan fingerprint density at radius 2 is 1.84 bits per heavy atom. The topological polar surface area (TPSA) is 97.9 Å². The first-order chi connectivity index (χ1) is 17.8. The zero-order chi connectivity index (χ0) is 27.8. The summed E-state index contributed by atoms with van der Waals surface area (Å²) in [4.78, 5) is 17.0. The second-order valence-corrected chi connectivity index (χ2v) is 8.97. The number of alkyl halides is 3. The van der Waals surface area contributed by atoms with Gasteiger partial charge in [0.1, 0.15) is 29.9 Å². The average molecular weight is 555 g/mol. The van der Waals surface area contributed by atoms with E-state index in [9.17, 15) is 31.9 Å². The van der Waals surface area contributed by atoms with Crippen LogP contribution in [0.1, 0.15) is 34.2 Å². The van der Waals surface area contributed by atoms with Crippen LogP contribution in [0.3, 0.4) is 0 Å². The molecule has 2 N–H and O–H groups in total. The van der Waals surface area contributed by atoms with Gasteiger partial charge in [-0.2, -0.15) is 23.4 Å². The van der Waals surface area contributed by atoms with Crippen LogP contribution >= 0.6 is 11.6 Å². The van der Waals surface area contributed by atoms with Crippen molar-refractivity contribution in [2.24, 2.45) is 0 Å². The highest BCUT2D eigenvalue weighted by Crippen LogP contribution is 2.36. The van der Waals surface area contributed by atoms with Gasteiger partial charge in [-0.05, 0) is 44.2 Å². The third-order valence-electron chi connectivity index (χ3n) is 5.96. The number of carbonyl (C=O) groups is 1. The molecule has 2 aromatic heterocycles. The van der Waals surface area contributed by atoms with E-state index >= 15 is 0 Å². The summed E-state index contributed by atoms with van der Waals surface area (Å²) in [6.07, 6.45) is -2.64. The number of nitrogens with zero attached hydrogens (tertiary/aromatic N) is 5. The van der Waals surface area contributed by atoms with E-state index in [4.69, 9.17) is 11.6 Å². The number of aromatic nitrogens is 5. The molecule has 8 nitrogen and oxygen atoms in total. The summed E-state index contributed by atoms with van der Waals surface area (Å²) < 4.78 is 72.7. The van der Waals surface area contributed by atoms with Gasteiger partial charge in [-0.25, -0.2) is 23.1 Å². The van der Waals surface area contributed by atoms with Gasteiger partial charge in [-0.1, -0.05) is 17.7 Å². The molecule has 0 radical (unpaired) electrons. The molecule has 200 valence electrons. The summed E-state index contributed by atoms with van der Waals surface area (Å²) in [7, 11) is 0. The van der Waals surface area contributed by atoms with Gasteiger partial charge in [0.05, 0.1) is 29.5 Å². The second-order valence-electron chi connectivity index (χ2n) is 8.53. The SMILES string of the molecule is Cc1nn(-c2ccc(Cl)cc2)c(C(F)(F)F)c1C(=O)N[C@H](C)[C@](O)(Cn1cncn1)c1ccc(F)cc1F. The number of hydrogen-bond donors (Lipinski definition) is 2. The molecule has 14 heteroatoms. The first kappa shape index (κ1) is 27.2. The minimum atomic E-state index is -5.00. The molecular formula is C24H20ClF5N6O2. The van der Waals surface area contributed by atoms with E-state index < -0.39 is 58.7 Å². The quantitative estimate of drug-likeness (QED) is 0.330. The number of amides is 1. The number of carbonyl (C=O) groups excluding carboxylic acids is 1. The van der Waals surface area contributed by atoms with Crippen LogP contribution in [0.4, 0.5) is 22.0 Å². The van der Waals surface area contributed by atoms with Crippen LogP contribution < -0.4 is 5.32 Å². The molecule has 0 aliphatic heterocycles. The van der Waals surface area contributed by atoms with Gasteiger partial charge >= 0.3 is 6.18 Å². The second kappa shape index (κ2) is 10.1. The number of hydrogen-bond acceptors (Lipinski definition) is 5. The fraction of sp³-hybridized carbons (Fsp3) is 0.250. The molecule has 0 fully saturated rings. The van der Waals surface area contributed by atoms with Crippen LogP contribution in [0.15, 0.2) is 55.1 Å². The van der Waals surface area contributed by atoms with Crippen molar-refractivity contribution in [3.63, 3.8) is 0 Å². The maximum absolute atomic E-state index is 14.8. The molecule has 2 atom stereocenters. The van der Waals surface area contributed by atoms with Crippen LogP contribution in [-0.4, -0.2) is 41.6 Å². The number of aliphatic hydroxyl groups is 1. The van der Waals surface area contributed by atoms with E-state index in [1.807, 2.05) is 0 Å². The number of rotatable bonds is 7. The van der Waals surface area contributed by atoms with Crippen LogP contribution in [0, 0.1) is 18.6 Å². The largest absolute Gasteiger partial charge is 0.434 e. The summed E-state index contributed by atoms with van der Waals surface area (Å²) >= 11 is 5.84. The van der Waals surface area contributed by atoms with Gasteiger partial charge < -0.3 is 10.4 Å². The highest BCUT2D eigenvalue weighted by Gasteiger charge is 2.44. The molecule has 2 aromatic carbocycles. The lowest BCUT2D eigenvalue weighted by Gasteiger charge is -2.35. The van der Waals surface area contributed by atoms with Crippen molar-refractivity contribution >= 4 is 17.5 Å². The van der Waals surface area contributed by atoms with Crippen LogP contribution in [-0.2, 0) is 18.3 Å². The van der Waals surface area contributed by atoms with Crippen molar-refractivity contribution in [3.05, 3.63) is 94.3 Å². The average Bonchev–Trinajstić information content (AvgIpc) is 3.46. The summed E-state index contributed by atoms with van der Waals surface area (Å²) in [5.41, 5.74) is -5.07. The Bertz CT molecular complexity index is 1460. The number of benzene rings is 2. The smallest absolute Gasteiger partial charge is 0.381 e. The molecule has 0 aliphatic rings. The molecule has 0 aliphatic carbocycles. The van der Waals surface area contributed by atoms with Crippen molar-refractivity contribution in [2.75, 3.05) is 0 Å². The normalized spacial score (nSPS) is 14.2. The fourth-order valence-electron chi connectivity index (χ4n) is 4.08. The third kappa shape index (κ3) is 5.24. The van der Waals surface area contributed by atoms with E-state index in [0.29, 0.717) is 10.7 Å². The van der Waals surface area contributed by atoms with Gasteiger partial charge in [0, 0.05) is 16.7 Å². The molecular weight excluding hydrogens is 535 g/mol. The fourth-order valence-corrected chi connectivity index (χ4v) is 4.20. The van der Waals surface area contributed by atoms with E-state index in [1.54, 1.807) is 0 Å². The van der Waals surface area contributed by atoms with E-state index in [-0.39, 0.29) is 16.4 Å². The Labute approximate surface area is 217 Å². The van der Waals surface area contributed by atoms with Crippen molar-refractivity contribution in [1.82, 2.24) is 29.9 Å². The number of aryl methyl sites for hydroxylation is 1. The Hall–Kier alpha value is -3.84. The molecule has 4 rings (SSSR count). The summed E-state index contributed by atoms with van der Waals surface area (Å²) in [6.45, 7) is 2.03. The lowest BCUT2D eigenvalue weighted by atomic mass is 9.86. The standard InChI is InChI=1S/C24H20ClF5N6O2/c1-13-20(21(24(28,29)30)36(34-13)17-6-3-15(25)4-7-17)22(37)33-14(2)23(38,10-35-12-31-11-32-35)18-8-5-16(26)9-19(18)27/h3-9,11-12,14,38H,10H2,1-2H3,(H,33,37)/t14-,23-/m1/s1. The van der Waals surface area contributed by atoms with Crippen LogP contribution in [0.25, 0.3) is 5.69 Å². The molecule has 0 bridgehead atoms. The minimum Gasteiger partial charge on any atom is -0.381 e. The summed E-state index contributed by atoms with van der Waals surface area (Å²) in [5, 5.41) is 22.0. The van der Waals surface area contributed by atoms with Crippen molar-refractivity contribution < 1.29 is 31.9 Å². The monoisotopic (exact) mass is 554 g/mol.